The van der Waals surface area contributed by atoms with Crippen LogP contribution < -0.4 is 0 Å². The van der Waals surface area contributed by atoms with Gasteiger partial charge in [-0.15, -0.1) is 0 Å². The molecule has 0 aliphatic heterocycles. The summed E-state index contributed by atoms with van der Waals surface area (Å²) in [6.45, 7) is 11.4. The SMILES string of the molecule is CC(C)O.CCCCO.CCO.CCOC(C)=O. The minimum absolute atomic E-state index is 0.167. The molecule has 0 aromatic carbocycles. The van der Waals surface area contributed by atoms with E-state index in [1.54, 1.807) is 27.7 Å². The summed E-state index contributed by atoms with van der Waals surface area (Å²) in [5, 5.41) is 23.7. The van der Waals surface area contributed by atoms with Crippen LogP contribution in [0.25, 0.3) is 0 Å². The highest BCUT2D eigenvalue weighted by Gasteiger charge is 1.81. The first kappa shape index (κ1) is 26.0. The van der Waals surface area contributed by atoms with Gasteiger partial charge in [-0.05, 0) is 34.1 Å². The van der Waals surface area contributed by atoms with Gasteiger partial charge in [-0.1, -0.05) is 13.3 Å². The molecule has 3 N–H and O–H groups in total. The van der Waals surface area contributed by atoms with Crippen molar-refractivity contribution in [2.75, 3.05) is 19.8 Å². The van der Waals surface area contributed by atoms with Gasteiger partial charge in [-0.2, -0.15) is 0 Å². The summed E-state index contributed by atoms with van der Waals surface area (Å²) in [4.78, 5) is 9.82. The second-order valence-corrected chi connectivity index (χ2v) is 3.41. The topological polar surface area (TPSA) is 87.0 Å². The number of aliphatic hydroxyl groups is 3. The van der Waals surface area contributed by atoms with Crippen molar-refractivity contribution in [1.82, 2.24) is 0 Å². The summed E-state index contributed by atoms with van der Waals surface area (Å²) in [6.07, 6.45) is 1.87. The van der Waals surface area contributed by atoms with Gasteiger partial charge in [0.1, 0.15) is 0 Å². The van der Waals surface area contributed by atoms with E-state index < -0.39 is 0 Å². The van der Waals surface area contributed by atoms with Crippen LogP contribution in [-0.4, -0.2) is 47.2 Å². The summed E-state index contributed by atoms with van der Waals surface area (Å²) in [5.74, 6) is -0.211. The van der Waals surface area contributed by atoms with Crippen molar-refractivity contribution in [2.45, 2.75) is 60.5 Å². The molecule has 0 atom stereocenters. The Morgan fingerprint density at radius 2 is 1.50 bits per heavy atom. The fraction of sp³-hybridized carbons (Fsp3) is 0.923. The molecule has 0 aliphatic carbocycles. The van der Waals surface area contributed by atoms with E-state index >= 15 is 0 Å². The van der Waals surface area contributed by atoms with Gasteiger partial charge in [0, 0.05) is 26.2 Å². The number of ether oxygens (including phenoxy) is 1. The van der Waals surface area contributed by atoms with E-state index in [2.05, 4.69) is 11.7 Å². The molecule has 0 heterocycles. The van der Waals surface area contributed by atoms with Crippen molar-refractivity contribution >= 4 is 5.97 Å². The van der Waals surface area contributed by atoms with Crippen LogP contribution in [0.3, 0.4) is 0 Å². The second kappa shape index (κ2) is 29.9. The molecule has 5 heteroatoms. The zero-order chi connectivity index (χ0) is 15.4. The van der Waals surface area contributed by atoms with Crippen LogP contribution in [0.15, 0.2) is 0 Å². The molecule has 0 fully saturated rings. The van der Waals surface area contributed by atoms with Crippen LogP contribution in [0.2, 0.25) is 0 Å². The summed E-state index contributed by atoms with van der Waals surface area (Å²) >= 11 is 0. The first-order valence-electron chi connectivity index (χ1n) is 6.36. The highest BCUT2D eigenvalue weighted by atomic mass is 16.5. The van der Waals surface area contributed by atoms with Crippen molar-refractivity contribution in [3.63, 3.8) is 0 Å². The first-order chi connectivity index (χ1) is 8.33. The van der Waals surface area contributed by atoms with Crippen molar-refractivity contribution in [3.05, 3.63) is 0 Å². The average Bonchev–Trinajstić information content (AvgIpc) is 2.19. The number of hydrogen-bond acceptors (Lipinski definition) is 5. The van der Waals surface area contributed by atoms with Crippen molar-refractivity contribution in [1.29, 1.82) is 0 Å². The van der Waals surface area contributed by atoms with Crippen LogP contribution >= 0.6 is 0 Å². The number of hydrogen-bond donors (Lipinski definition) is 3. The Balaban J connectivity index is -0.0000000750. The zero-order valence-corrected chi connectivity index (χ0v) is 12.8. The molecule has 0 aromatic rings. The van der Waals surface area contributed by atoms with Gasteiger partial charge in [0.2, 0.25) is 0 Å². The maximum atomic E-state index is 9.82. The first-order valence-corrected chi connectivity index (χ1v) is 6.36. The number of aliphatic hydroxyl groups excluding tert-OH is 3. The molecule has 0 radical (unpaired) electrons. The largest absolute Gasteiger partial charge is 0.466 e. The van der Waals surface area contributed by atoms with Crippen LogP contribution in [0.4, 0.5) is 0 Å². The standard InChI is InChI=1S/C4H8O2.C4H10O.C3H8O.C2H6O/c1-3-6-4(2)5;1-2-3-4-5;1-3(2)4;1-2-3/h3H2,1-2H3;5H,2-4H2,1H3;3-4H,1-2H3;3H,2H2,1H3. The number of carbonyl (C=O) groups is 1. The van der Waals surface area contributed by atoms with Gasteiger partial charge in [0.15, 0.2) is 0 Å². The monoisotopic (exact) mass is 268 g/mol. The van der Waals surface area contributed by atoms with Crippen molar-refractivity contribution in [3.8, 4) is 0 Å². The predicted octanol–water partition coefficient (Wildman–Crippen LogP) is 1.73. The molecular formula is C13H32O5. The van der Waals surface area contributed by atoms with Crippen LogP contribution in [0.1, 0.15) is 54.4 Å². The maximum absolute atomic E-state index is 9.82. The third-order valence-corrected chi connectivity index (χ3v) is 0.859. The lowest BCUT2D eigenvalue weighted by atomic mass is 10.4. The molecule has 114 valence electrons. The second-order valence-electron chi connectivity index (χ2n) is 3.41. The fourth-order valence-corrected chi connectivity index (χ4v) is 0.361. The minimum Gasteiger partial charge on any atom is -0.466 e. The molecule has 18 heavy (non-hydrogen) atoms. The molecule has 0 unspecified atom stereocenters. The molecule has 0 rings (SSSR count). The molecule has 0 amide bonds. The van der Waals surface area contributed by atoms with Crippen molar-refractivity contribution in [2.24, 2.45) is 0 Å². The van der Waals surface area contributed by atoms with Gasteiger partial charge in [0.05, 0.1) is 6.61 Å². The summed E-state index contributed by atoms with van der Waals surface area (Å²) in [5.41, 5.74) is 0. The molecule has 0 aromatic heterocycles. The van der Waals surface area contributed by atoms with Gasteiger partial charge in [0.25, 0.3) is 0 Å². The van der Waals surface area contributed by atoms with Gasteiger partial charge in [-0.3, -0.25) is 4.79 Å². The van der Waals surface area contributed by atoms with Crippen LogP contribution in [-0.2, 0) is 9.53 Å². The average molecular weight is 268 g/mol. The summed E-state index contributed by atoms with van der Waals surface area (Å²) in [7, 11) is 0. The Morgan fingerprint density at radius 3 is 1.50 bits per heavy atom. The Bertz CT molecular complexity index is 122. The zero-order valence-electron chi connectivity index (χ0n) is 12.8. The molecule has 0 spiro atoms. The van der Waals surface area contributed by atoms with E-state index in [0.717, 1.165) is 12.8 Å². The summed E-state index contributed by atoms with van der Waals surface area (Å²) in [6, 6.07) is 0. The van der Waals surface area contributed by atoms with Gasteiger partial charge < -0.3 is 20.1 Å². The van der Waals surface area contributed by atoms with Gasteiger partial charge >= 0.3 is 5.97 Å². The Hall–Kier alpha value is -0.650. The molecular weight excluding hydrogens is 236 g/mol. The third kappa shape index (κ3) is 167. The number of esters is 1. The molecule has 0 aliphatic rings. The lowest BCUT2D eigenvalue weighted by molar-refractivity contribution is -0.140. The van der Waals surface area contributed by atoms with E-state index in [-0.39, 0.29) is 18.7 Å². The number of rotatable bonds is 3. The Labute approximate surface area is 112 Å². The van der Waals surface area contributed by atoms with Gasteiger partial charge in [-0.25, -0.2) is 0 Å². The molecule has 0 bridgehead atoms. The molecule has 0 saturated heterocycles. The quantitative estimate of drug-likeness (QED) is 0.679. The number of unbranched alkanes of at least 4 members (excludes halogenated alkanes) is 1. The normalized spacial score (nSPS) is 7.89. The van der Waals surface area contributed by atoms with E-state index in [0.29, 0.717) is 13.2 Å². The lowest BCUT2D eigenvalue weighted by Gasteiger charge is -1.89. The smallest absolute Gasteiger partial charge is 0.302 e. The fourth-order valence-electron chi connectivity index (χ4n) is 0.361. The van der Waals surface area contributed by atoms with Crippen LogP contribution in [0, 0.1) is 0 Å². The number of carbonyl (C=O) groups excluding carboxylic acids is 1. The minimum atomic E-state index is -0.211. The van der Waals surface area contributed by atoms with Crippen molar-refractivity contribution < 1.29 is 24.9 Å². The molecule has 0 saturated carbocycles. The Kier molecular flexibility index (Phi) is 43.2. The molecule has 5 nitrogen and oxygen atoms in total. The van der Waals surface area contributed by atoms with E-state index in [1.165, 1.54) is 6.92 Å². The van der Waals surface area contributed by atoms with Crippen LogP contribution in [0.5, 0.6) is 0 Å². The van der Waals surface area contributed by atoms with E-state index in [1.807, 2.05) is 0 Å². The third-order valence-electron chi connectivity index (χ3n) is 0.859. The lowest BCUT2D eigenvalue weighted by Crippen LogP contribution is -1.95. The van der Waals surface area contributed by atoms with E-state index in [4.69, 9.17) is 15.3 Å². The Morgan fingerprint density at radius 1 is 1.17 bits per heavy atom. The highest BCUT2D eigenvalue weighted by Crippen LogP contribution is 1.78. The summed E-state index contributed by atoms with van der Waals surface area (Å²) < 4.78 is 4.40. The highest BCUT2D eigenvalue weighted by molar-refractivity contribution is 5.65. The van der Waals surface area contributed by atoms with E-state index in [9.17, 15) is 4.79 Å². The maximum Gasteiger partial charge on any atom is 0.302 e. The predicted molar refractivity (Wildman–Crippen MR) is 74.4 cm³/mol.